The van der Waals surface area contributed by atoms with Gasteiger partial charge in [-0.2, -0.15) is 0 Å². The molecule has 0 aliphatic carbocycles. The SMILES string of the molecule is CCOC(=O)C(CNC(=O)[C@@H]1CNC[C@@H](NS(=O)(=O)c2ccc(C)cc2)C1)(c1ccccc1)c1ccccc1. The quantitative estimate of drug-likeness (QED) is 0.335. The van der Waals surface area contributed by atoms with Gasteiger partial charge in [0.05, 0.1) is 17.4 Å². The molecule has 1 aliphatic rings. The summed E-state index contributed by atoms with van der Waals surface area (Å²) in [4.78, 5) is 27.2. The van der Waals surface area contributed by atoms with Crippen LogP contribution in [0.3, 0.4) is 0 Å². The van der Waals surface area contributed by atoms with E-state index in [1.54, 1.807) is 31.2 Å². The maximum Gasteiger partial charge on any atom is 0.322 e. The number of rotatable bonds is 10. The lowest BCUT2D eigenvalue weighted by Gasteiger charge is -2.34. The highest BCUT2D eigenvalue weighted by molar-refractivity contribution is 7.89. The molecule has 3 aromatic carbocycles. The van der Waals surface area contributed by atoms with Crippen molar-refractivity contribution in [3.05, 3.63) is 102 Å². The second-order valence-electron chi connectivity index (χ2n) is 9.80. The molecule has 0 bridgehead atoms. The molecule has 1 heterocycles. The van der Waals surface area contributed by atoms with Crippen LogP contribution < -0.4 is 15.4 Å². The summed E-state index contributed by atoms with van der Waals surface area (Å²) in [5.41, 5.74) is 1.14. The Kier molecular flexibility index (Phi) is 9.16. The Morgan fingerprint density at radius 3 is 2.08 bits per heavy atom. The van der Waals surface area contributed by atoms with E-state index in [1.165, 1.54) is 0 Å². The third-order valence-corrected chi connectivity index (χ3v) is 8.60. The van der Waals surface area contributed by atoms with Gasteiger partial charge in [0.1, 0.15) is 5.41 Å². The Morgan fingerprint density at radius 2 is 1.51 bits per heavy atom. The topological polar surface area (TPSA) is 114 Å². The van der Waals surface area contributed by atoms with E-state index in [-0.39, 0.29) is 24.0 Å². The van der Waals surface area contributed by atoms with Crippen LogP contribution in [-0.2, 0) is 29.8 Å². The summed E-state index contributed by atoms with van der Waals surface area (Å²) in [6.07, 6.45) is 0.326. The average Bonchev–Trinajstić information content (AvgIpc) is 2.95. The molecule has 206 valence electrons. The van der Waals surface area contributed by atoms with Gasteiger partial charge in [-0.15, -0.1) is 0 Å². The maximum absolute atomic E-state index is 13.6. The van der Waals surface area contributed by atoms with E-state index in [2.05, 4.69) is 15.4 Å². The summed E-state index contributed by atoms with van der Waals surface area (Å²) < 4.78 is 34.1. The Bertz CT molecular complexity index is 1320. The predicted molar refractivity (Wildman–Crippen MR) is 150 cm³/mol. The molecule has 39 heavy (non-hydrogen) atoms. The molecule has 0 saturated carbocycles. The van der Waals surface area contributed by atoms with E-state index in [4.69, 9.17) is 4.74 Å². The van der Waals surface area contributed by atoms with Crippen LogP contribution in [0.15, 0.2) is 89.8 Å². The highest BCUT2D eigenvalue weighted by Gasteiger charge is 2.44. The van der Waals surface area contributed by atoms with Crippen LogP contribution in [0.25, 0.3) is 0 Å². The largest absolute Gasteiger partial charge is 0.465 e. The Morgan fingerprint density at radius 1 is 0.923 bits per heavy atom. The number of ether oxygens (including phenoxy) is 1. The summed E-state index contributed by atoms with van der Waals surface area (Å²) in [7, 11) is -3.73. The van der Waals surface area contributed by atoms with Gasteiger partial charge in [0, 0.05) is 25.7 Å². The second-order valence-corrected chi connectivity index (χ2v) is 11.5. The number of piperidine rings is 1. The Labute approximate surface area is 230 Å². The monoisotopic (exact) mass is 549 g/mol. The third kappa shape index (κ3) is 6.55. The maximum atomic E-state index is 13.6. The molecule has 1 amide bonds. The van der Waals surface area contributed by atoms with Gasteiger partial charge >= 0.3 is 5.97 Å². The average molecular weight is 550 g/mol. The zero-order chi connectivity index (χ0) is 27.9. The molecule has 0 radical (unpaired) electrons. The van der Waals surface area contributed by atoms with Crippen LogP contribution in [0.4, 0.5) is 0 Å². The number of aryl methyl sites for hydroxylation is 1. The summed E-state index contributed by atoms with van der Waals surface area (Å²) in [5, 5.41) is 6.17. The fourth-order valence-electron chi connectivity index (χ4n) is 4.98. The van der Waals surface area contributed by atoms with E-state index >= 15 is 0 Å². The molecule has 1 saturated heterocycles. The number of nitrogens with one attached hydrogen (secondary N) is 3. The number of benzene rings is 3. The number of hydrogen-bond acceptors (Lipinski definition) is 6. The van der Waals surface area contributed by atoms with Gasteiger partial charge in [0.15, 0.2) is 0 Å². The van der Waals surface area contributed by atoms with Crippen molar-refractivity contribution >= 4 is 21.9 Å². The van der Waals surface area contributed by atoms with Crippen LogP contribution in [0, 0.1) is 12.8 Å². The van der Waals surface area contributed by atoms with E-state index in [9.17, 15) is 18.0 Å². The molecular weight excluding hydrogens is 514 g/mol. The molecule has 4 rings (SSSR count). The van der Waals surface area contributed by atoms with E-state index in [0.717, 1.165) is 5.56 Å². The molecule has 1 aliphatic heterocycles. The molecule has 0 spiro atoms. The first kappa shape index (κ1) is 28.5. The van der Waals surface area contributed by atoms with Crippen molar-refractivity contribution in [3.8, 4) is 0 Å². The summed E-state index contributed by atoms with van der Waals surface area (Å²) in [6.45, 7) is 4.65. The number of sulfonamides is 1. The minimum absolute atomic E-state index is 0.00501. The Balaban J connectivity index is 1.52. The lowest BCUT2D eigenvalue weighted by atomic mass is 9.74. The Hall–Kier alpha value is -3.53. The lowest BCUT2D eigenvalue weighted by molar-refractivity contribution is -0.148. The van der Waals surface area contributed by atoms with Crippen LogP contribution in [0.2, 0.25) is 0 Å². The molecule has 0 unspecified atom stereocenters. The van der Waals surface area contributed by atoms with Crippen molar-refractivity contribution in [3.63, 3.8) is 0 Å². The van der Waals surface area contributed by atoms with Gasteiger partial charge in [-0.25, -0.2) is 13.1 Å². The molecule has 8 nitrogen and oxygen atoms in total. The van der Waals surface area contributed by atoms with E-state index in [1.807, 2.05) is 67.6 Å². The summed E-state index contributed by atoms with van der Waals surface area (Å²) >= 11 is 0. The van der Waals surface area contributed by atoms with Crippen molar-refractivity contribution in [2.24, 2.45) is 5.92 Å². The number of amides is 1. The highest BCUT2D eigenvalue weighted by atomic mass is 32.2. The number of carbonyl (C=O) groups excluding carboxylic acids is 2. The van der Waals surface area contributed by atoms with Gasteiger partial charge in [0.25, 0.3) is 0 Å². The third-order valence-electron chi connectivity index (χ3n) is 7.06. The standard InChI is InChI=1S/C30H35N3O5S/c1-3-38-29(35)30(24-10-6-4-7-11-24,25-12-8-5-9-13-25)21-32-28(34)23-18-26(20-31-19-23)33-39(36,37)27-16-14-22(2)15-17-27/h4-17,23,26,31,33H,3,18-21H2,1-2H3,(H,32,34)/t23-,26-/m0/s1. The van der Waals surface area contributed by atoms with Crippen LogP contribution in [0.5, 0.6) is 0 Å². The zero-order valence-electron chi connectivity index (χ0n) is 22.2. The molecular formula is C30H35N3O5S. The smallest absolute Gasteiger partial charge is 0.322 e. The first-order valence-corrected chi connectivity index (χ1v) is 14.6. The molecule has 3 aromatic rings. The minimum Gasteiger partial charge on any atom is -0.465 e. The van der Waals surface area contributed by atoms with Gasteiger partial charge in [-0.05, 0) is 43.5 Å². The second kappa shape index (κ2) is 12.5. The molecule has 9 heteroatoms. The number of carbonyl (C=O) groups is 2. The predicted octanol–water partition coefficient (Wildman–Crippen LogP) is 2.92. The fourth-order valence-corrected chi connectivity index (χ4v) is 6.23. The number of hydrogen-bond donors (Lipinski definition) is 3. The van der Waals surface area contributed by atoms with Crippen LogP contribution >= 0.6 is 0 Å². The normalized spacial score (nSPS) is 17.8. The minimum atomic E-state index is -3.73. The molecule has 0 aromatic heterocycles. The molecule has 3 N–H and O–H groups in total. The van der Waals surface area contributed by atoms with Crippen molar-refractivity contribution < 1.29 is 22.7 Å². The first-order chi connectivity index (χ1) is 18.8. The van der Waals surface area contributed by atoms with Gasteiger partial charge < -0.3 is 15.4 Å². The molecule has 1 fully saturated rings. The van der Waals surface area contributed by atoms with Crippen molar-refractivity contribution in [2.45, 2.75) is 36.6 Å². The van der Waals surface area contributed by atoms with Crippen molar-refractivity contribution in [1.29, 1.82) is 0 Å². The lowest BCUT2D eigenvalue weighted by Crippen LogP contribution is -2.54. The summed E-state index contributed by atoms with van der Waals surface area (Å²) in [5.74, 6) is -1.20. The van der Waals surface area contributed by atoms with E-state index < -0.39 is 33.4 Å². The van der Waals surface area contributed by atoms with Crippen LogP contribution in [0.1, 0.15) is 30.0 Å². The van der Waals surface area contributed by atoms with Gasteiger partial charge in [-0.1, -0.05) is 78.4 Å². The fraction of sp³-hybridized carbons (Fsp3) is 0.333. The molecule has 2 atom stereocenters. The summed E-state index contributed by atoms with van der Waals surface area (Å²) in [6, 6.07) is 24.7. The van der Waals surface area contributed by atoms with Gasteiger partial charge in [0.2, 0.25) is 15.9 Å². The van der Waals surface area contributed by atoms with Crippen molar-refractivity contribution in [1.82, 2.24) is 15.4 Å². The first-order valence-electron chi connectivity index (χ1n) is 13.1. The highest BCUT2D eigenvalue weighted by Crippen LogP contribution is 2.34. The van der Waals surface area contributed by atoms with Crippen molar-refractivity contribution in [2.75, 3.05) is 26.2 Å². The van der Waals surface area contributed by atoms with Gasteiger partial charge in [-0.3, -0.25) is 9.59 Å². The van der Waals surface area contributed by atoms with E-state index in [0.29, 0.717) is 30.6 Å². The number of esters is 1. The zero-order valence-corrected chi connectivity index (χ0v) is 23.0. The van der Waals surface area contributed by atoms with Crippen LogP contribution in [-0.4, -0.2) is 52.6 Å².